The van der Waals surface area contributed by atoms with Gasteiger partial charge in [-0.2, -0.15) is 0 Å². The van der Waals surface area contributed by atoms with Gasteiger partial charge in [0.25, 0.3) is 0 Å². The Bertz CT molecular complexity index is 846. The van der Waals surface area contributed by atoms with Crippen LogP contribution < -0.4 is 4.74 Å². The minimum absolute atomic E-state index is 0.0784. The molecule has 0 N–H and O–H groups in total. The fraction of sp³-hybridized carbons (Fsp3) is 0.318. The van der Waals surface area contributed by atoms with E-state index in [0.29, 0.717) is 0 Å². The highest BCUT2D eigenvalue weighted by atomic mass is 79.9. The smallest absolute Gasteiger partial charge is 0.307 e. The zero-order valence-electron chi connectivity index (χ0n) is 14.9. The van der Waals surface area contributed by atoms with E-state index < -0.39 is 0 Å². The van der Waals surface area contributed by atoms with Crippen LogP contribution in [0.4, 0.5) is 0 Å². The minimum Gasteiger partial charge on any atom is -0.486 e. The third kappa shape index (κ3) is 4.11. The number of methoxy groups -OCH3 is 1. The summed E-state index contributed by atoms with van der Waals surface area (Å²) in [6.45, 7) is 1.78. The first-order valence-electron chi connectivity index (χ1n) is 8.65. The number of rotatable bonds is 5. The molecule has 26 heavy (non-hydrogen) atoms. The number of carbonyl (C=O) groups is 1. The van der Waals surface area contributed by atoms with Gasteiger partial charge in [-0.25, -0.2) is 0 Å². The van der Waals surface area contributed by atoms with E-state index in [1.165, 1.54) is 18.2 Å². The molecule has 2 atom stereocenters. The SMILES string of the molecule is CC#CC(CC(=O)OC)c1ccc(OC2CCc3c(Br)cccc32)cc1. The molecule has 0 saturated carbocycles. The molecule has 0 bridgehead atoms. The van der Waals surface area contributed by atoms with E-state index in [4.69, 9.17) is 9.47 Å². The van der Waals surface area contributed by atoms with Gasteiger partial charge in [0.1, 0.15) is 11.9 Å². The zero-order chi connectivity index (χ0) is 18.5. The Labute approximate surface area is 162 Å². The van der Waals surface area contributed by atoms with Crippen molar-refractivity contribution in [3.8, 4) is 17.6 Å². The third-order valence-electron chi connectivity index (χ3n) is 4.64. The summed E-state index contributed by atoms with van der Waals surface area (Å²) in [7, 11) is 1.40. The number of hydrogen-bond donors (Lipinski definition) is 0. The maximum Gasteiger partial charge on any atom is 0.307 e. The van der Waals surface area contributed by atoms with E-state index in [-0.39, 0.29) is 24.4 Å². The topological polar surface area (TPSA) is 35.5 Å². The molecule has 1 aliphatic rings. The molecule has 2 unspecified atom stereocenters. The highest BCUT2D eigenvalue weighted by Crippen LogP contribution is 2.38. The van der Waals surface area contributed by atoms with Crippen LogP contribution in [0.2, 0.25) is 0 Å². The summed E-state index contributed by atoms with van der Waals surface area (Å²) >= 11 is 3.62. The summed E-state index contributed by atoms with van der Waals surface area (Å²) < 4.78 is 12.1. The zero-order valence-corrected chi connectivity index (χ0v) is 16.5. The van der Waals surface area contributed by atoms with Crippen LogP contribution in [-0.2, 0) is 16.0 Å². The fourth-order valence-corrected chi connectivity index (χ4v) is 3.89. The summed E-state index contributed by atoms with van der Waals surface area (Å²) in [4.78, 5) is 11.6. The predicted molar refractivity (Wildman–Crippen MR) is 105 cm³/mol. The van der Waals surface area contributed by atoms with E-state index in [0.717, 1.165) is 28.6 Å². The minimum atomic E-state index is -0.258. The molecule has 0 spiro atoms. The van der Waals surface area contributed by atoms with Crippen LogP contribution in [0.3, 0.4) is 0 Å². The predicted octanol–water partition coefficient (Wildman–Crippen LogP) is 5.19. The Morgan fingerprint density at radius 2 is 2.04 bits per heavy atom. The summed E-state index contributed by atoms with van der Waals surface area (Å²) in [6.07, 6.45) is 2.33. The Balaban J connectivity index is 1.73. The van der Waals surface area contributed by atoms with Crippen LogP contribution in [0, 0.1) is 11.8 Å². The molecule has 0 saturated heterocycles. The van der Waals surface area contributed by atoms with E-state index >= 15 is 0 Å². The maximum absolute atomic E-state index is 11.6. The van der Waals surface area contributed by atoms with Crippen LogP contribution in [0.25, 0.3) is 0 Å². The molecule has 2 aromatic rings. The lowest BCUT2D eigenvalue weighted by atomic mass is 9.96. The number of hydrogen-bond acceptors (Lipinski definition) is 3. The van der Waals surface area contributed by atoms with Crippen molar-refractivity contribution in [2.45, 2.75) is 38.2 Å². The van der Waals surface area contributed by atoms with Crippen LogP contribution in [-0.4, -0.2) is 13.1 Å². The van der Waals surface area contributed by atoms with Crippen molar-refractivity contribution in [2.75, 3.05) is 7.11 Å². The molecule has 2 aromatic carbocycles. The molecule has 0 fully saturated rings. The summed E-state index contributed by atoms with van der Waals surface area (Å²) in [5.74, 6) is 6.38. The second-order valence-corrected chi connectivity index (χ2v) is 7.10. The quantitative estimate of drug-likeness (QED) is 0.500. The van der Waals surface area contributed by atoms with Crippen molar-refractivity contribution >= 4 is 21.9 Å². The second kappa shape index (κ2) is 8.42. The van der Waals surface area contributed by atoms with Gasteiger partial charge in [-0.15, -0.1) is 5.92 Å². The average molecular weight is 413 g/mol. The number of carbonyl (C=O) groups excluding carboxylic acids is 1. The van der Waals surface area contributed by atoms with E-state index in [2.05, 4.69) is 46.0 Å². The fourth-order valence-electron chi connectivity index (χ4n) is 3.31. The van der Waals surface area contributed by atoms with Gasteiger partial charge < -0.3 is 9.47 Å². The summed E-state index contributed by atoms with van der Waals surface area (Å²) in [6, 6.07) is 14.1. The first kappa shape index (κ1) is 18.5. The van der Waals surface area contributed by atoms with Crippen molar-refractivity contribution in [3.05, 3.63) is 63.6 Å². The van der Waals surface area contributed by atoms with Gasteiger partial charge in [0, 0.05) is 4.47 Å². The second-order valence-electron chi connectivity index (χ2n) is 6.25. The Kier molecular flexibility index (Phi) is 6.00. The van der Waals surface area contributed by atoms with Crippen LogP contribution in [0.15, 0.2) is 46.9 Å². The van der Waals surface area contributed by atoms with E-state index in [9.17, 15) is 4.79 Å². The molecule has 1 aliphatic carbocycles. The van der Waals surface area contributed by atoms with Gasteiger partial charge in [-0.3, -0.25) is 4.79 Å². The molecule has 3 rings (SSSR count). The lowest BCUT2D eigenvalue weighted by molar-refractivity contribution is -0.140. The lowest BCUT2D eigenvalue weighted by Gasteiger charge is -2.16. The van der Waals surface area contributed by atoms with Gasteiger partial charge in [0.15, 0.2) is 0 Å². The number of halogens is 1. The van der Waals surface area contributed by atoms with Crippen LogP contribution >= 0.6 is 15.9 Å². The molecular formula is C22H21BrO3. The molecule has 3 nitrogen and oxygen atoms in total. The maximum atomic E-state index is 11.6. The molecule has 0 aliphatic heterocycles. The normalized spacial score (nSPS) is 16.2. The summed E-state index contributed by atoms with van der Waals surface area (Å²) in [5, 5.41) is 0. The number of ether oxygens (including phenoxy) is 2. The number of esters is 1. The molecular weight excluding hydrogens is 392 g/mol. The standard InChI is InChI=1S/C22H21BrO3/c1-3-5-16(14-22(24)25-2)15-8-10-17(11-9-15)26-21-13-12-18-19(21)6-4-7-20(18)23/h4,6-11,16,21H,12-14H2,1-2H3. The van der Waals surface area contributed by atoms with Gasteiger partial charge >= 0.3 is 5.97 Å². The van der Waals surface area contributed by atoms with Crippen molar-refractivity contribution in [2.24, 2.45) is 0 Å². The monoisotopic (exact) mass is 412 g/mol. The molecule has 0 amide bonds. The van der Waals surface area contributed by atoms with Crippen molar-refractivity contribution in [1.82, 2.24) is 0 Å². The Morgan fingerprint density at radius 3 is 2.73 bits per heavy atom. The number of benzene rings is 2. The molecule has 4 heteroatoms. The van der Waals surface area contributed by atoms with Crippen LogP contribution in [0.5, 0.6) is 5.75 Å². The third-order valence-corrected chi connectivity index (χ3v) is 5.38. The average Bonchev–Trinajstić information content (AvgIpc) is 3.06. The van der Waals surface area contributed by atoms with Crippen LogP contribution in [0.1, 0.15) is 48.5 Å². The van der Waals surface area contributed by atoms with Crippen molar-refractivity contribution in [1.29, 1.82) is 0 Å². The molecule has 0 heterocycles. The molecule has 0 radical (unpaired) electrons. The van der Waals surface area contributed by atoms with Gasteiger partial charge in [-0.05, 0) is 54.7 Å². The van der Waals surface area contributed by atoms with Gasteiger partial charge in [0.2, 0.25) is 0 Å². The molecule has 0 aromatic heterocycles. The largest absolute Gasteiger partial charge is 0.486 e. The lowest BCUT2D eigenvalue weighted by Crippen LogP contribution is -2.08. The number of fused-ring (bicyclic) bond motifs is 1. The Hall–Kier alpha value is -2.25. The van der Waals surface area contributed by atoms with Gasteiger partial charge in [-0.1, -0.05) is 46.1 Å². The summed E-state index contributed by atoms with van der Waals surface area (Å²) in [5.41, 5.74) is 3.58. The van der Waals surface area contributed by atoms with Gasteiger partial charge in [0.05, 0.1) is 19.4 Å². The Morgan fingerprint density at radius 1 is 1.27 bits per heavy atom. The highest BCUT2D eigenvalue weighted by molar-refractivity contribution is 9.10. The first-order chi connectivity index (χ1) is 12.6. The van der Waals surface area contributed by atoms with E-state index in [1.54, 1.807) is 6.92 Å². The highest BCUT2D eigenvalue weighted by Gasteiger charge is 2.25. The first-order valence-corrected chi connectivity index (χ1v) is 9.44. The van der Waals surface area contributed by atoms with Crippen molar-refractivity contribution in [3.63, 3.8) is 0 Å². The molecule has 134 valence electrons. The van der Waals surface area contributed by atoms with E-state index in [1.807, 2.05) is 24.3 Å². The van der Waals surface area contributed by atoms with Crippen molar-refractivity contribution < 1.29 is 14.3 Å².